The number of benzene rings is 3. The second-order valence-electron chi connectivity index (χ2n) is 6.76. The molecule has 1 saturated heterocycles. The van der Waals surface area contributed by atoms with Crippen LogP contribution in [0, 0.1) is 0 Å². The summed E-state index contributed by atoms with van der Waals surface area (Å²) in [7, 11) is 0. The number of hydrogen-bond donors (Lipinski definition) is 4. The lowest BCUT2D eigenvalue weighted by Crippen LogP contribution is -2.54. The quantitative estimate of drug-likeness (QED) is 0.274. The smallest absolute Gasteiger partial charge is 0.270 e. The highest BCUT2D eigenvalue weighted by molar-refractivity contribution is 7.80. The van der Waals surface area contributed by atoms with E-state index in [9.17, 15) is 24.9 Å². The Labute approximate surface area is 187 Å². The summed E-state index contributed by atoms with van der Waals surface area (Å²) in [5.74, 6) is -1.72. The van der Waals surface area contributed by atoms with Gasteiger partial charge in [-0.2, -0.15) is 0 Å². The van der Waals surface area contributed by atoms with E-state index in [1.807, 2.05) is 18.2 Å². The van der Waals surface area contributed by atoms with Crippen LogP contribution in [0.3, 0.4) is 0 Å². The maximum absolute atomic E-state index is 13.1. The van der Waals surface area contributed by atoms with Gasteiger partial charge in [-0.1, -0.05) is 18.2 Å². The fourth-order valence-corrected chi connectivity index (χ4v) is 3.36. The number of nitrogens with one attached hydrogen (secondary N) is 1. The number of phenols is 3. The summed E-state index contributed by atoms with van der Waals surface area (Å²) in [6, 6.07) is 17.6. The van der Waals surface area contributed by atoms with Crippen molar-refractivity contribution in [1.82, 2.24) is 5.32 Å². The number of carbonyl (C=O) groups excluding carboxylic acids is 2. The second kappa shape index (κ2) is 8.40. The van der Waals surface area contributed by atoms with Crippen LogP contribution < -0.4 is 15.0 Å². The third-order valence-corrected chi connectivity index (χ3v) is 4.87. The molecule has 3 aromatic rings. The Morgan fingerprint density at radius 1 is 0.875 bits per heavy atom. The molecule has 0 saturated carbocycles. The molecule has 0 radical (unpaired) electrons. The molecule has 32 heavy (non-hydrogen) atoms. The van der Waals surface area contributed by atoms with Gasteiger partial charge in [-0.3, -0.25) is 19.8 Å². The Morgan fingerprint density at radius 3 is 2.09 bits per heavy atom. The van der Waals surface area contributed by atoms with E-state index in [0.29, 0.717) is 17.2 Å². The lowest BCUT2D eigenvalue weighted by atomic mass is 10.0. The minimum atomic E-state index is -0.785. The van der Waals surface area contributed by atoms with Gasteiger partial charge in [0.1, 0.15) is 34.3 Å². The number of anilines is 1. The molecule has 0 spiro atoms. The fourth-order valence-electron chi connectivity index (χ4n) is 3.08. The summed E-state index contributed by atoms with van der Waals surface area (Å²) in [4.78, 5) is 26.6. The first-order valence-corrected chi connectivity index (χ1v) is 9.73. The van der Waals surface area contributed by atoms with Gasteiger partial charge in [0.25, 0.3) is 11.8 Å². The number of aromatic hydroxyl groups is 3. The second-order valence-corrected chi connectivity index (χ2v) is 7.15. The van der Waals surface area contributed by atoms with Gasteiger partial charge in [-0.05, 0) is 54.7 Å². The van der Waals surface area contributed by atoms with E-state index in [2.05, 4.69) is 5.32 Å². The zero-order chi connectivity index (χ0) is 22.8. The highest BCUT2D eigenvalue weighted by Crippen LogP contribution is 2.35. The molecule has 0 bridgehead atoms. The summed E-state index contributed by atoms with van der Waals surface area (Å²) in [6.45, 7) is 0. The molecule has 0 aliphatic carbocycles. The topological polar surface area (TPSA) is 119 Å². The standard InChI is InChI=1S/C23H16N2O6S/c26-14-10-19(27)17(20(28)11-14)12-18-21(29)24-23(32)25(22(18)30)13-6-8-16(9-7-13)31-15-4-2-1-3-5-15/h1-12,26-28H,(H,24,29,32). The fraction of sp³-hybridized carbons (Fsp3) is 0. The van der Waals surface area contributed by atoms with Gasteiger partial charge in [-0.15, -0.1) is 0 Å². The Hall–Kier alpha value is -4.37. The van der Waals surface area contributed by atoms with Crippen LogP contribution in [-0.2, 0) is 9.59 Å². The maximum Gasteiger partial charge on any atom is 0.270 e. The van der Waals surface area contributed by atoms with Crippen molar-refractivity contribution in [2.75, 3.05) is 4.90 Å². The summed E-state index contributed by atoms with van der Waals surface area (Å²) >= 11 is 5.17. The lowest BCUT2D eigenvalue weighted by molar-refractivity contribution is -0.122. The van der Waals surface area contributed by atoms with Crippen molar-refractivity contribution in [2.24, 2.45) is 0 Å². The maximum atomic E-state index is 13.1. The van der Waals surface area contributed by atoms with Crippen molar-refractivity contribution in [3.05, 3.63) is 77.9 Å². The third-order valence-electron chi connectivity index (χ3n) is 4.59. The Bertz CT molecular complexity index is 1230. The number of phenolic OH excluding ortho intramolecular Hbond substituents is 3. The molecule has 3 aromatic carbocycles. The van der Waals surface area contributed by atoms with Crippen molar-refractivity contribution in [1.29, 1.82) is 0 Å². The Balaban J connectivity index is 1.64. The first kappa shape index (κ1) is 20.9. The molecule has 2 amide bonds. The molecule has 1 fully saturated rings. The van der Waals surface area contributed by atoms with Gasteiger partial charge in [0, 0.05) is 12.1 Å². The molecular weight excluding hydrogens is 432 g/mol. The third kappa shape index (κ3) is 4.09. The number of rotatable bonds is 4. The number of amides is 2. The predicted molar refractivity (Wildman–Crippen MR) is 121 cm³/mol. The molecule has 0 unspecified atom stereocenters. The monoisotopic (exact) mass is 448 g/mol. The van der Waals surface area contributed by atoms with Gasteiger partial charge in [0.15, 0.2) is 5.11 Å². The summed E-state index contributed by atoms with van der Waals surface area (Å²) < 4.78 is 5.73. The number of ether oxygens (including phenoxy) is 1. The zero-order valence-corrected chi connectivity index (χ0v) is 17.2. The predicted octanol–water partition coefficient (Wildman–Crippen LogP) is 3.43. The van der Waals surface area contributed by atoms with Crippen molar-refractivity contribution in [3.63, 3.8) is 0 Å². The van der Waals surface area contributed by atoms with E-state index in [1.54, 1.807) is 36.4 Å². The Kier molecular flexibility index (Phi) is 5.48. The van der Waals surface area contributed by atoms with E-state index in [1.165, 1.54) is 0 Å². The van der Waals surface area contributed by atoms with Crippen LogP contribution in [0.4, 0.5) is 5.69 Å². The van der Waals surface area contributed by atoms with Crippen LogP contribution in [0.15, 0.2) is 72.3 Å². The first-order chi connectivity index (χ1) is 15.3. The largest absolute Gasteiger partial charge is 0.508 e. The summed E-state index contributed by atoms with van der Waals surface area (Å²) in [5.41, 5.74) is -0.175. The molecule has 4 rings (SSSR count). The lowest BCUT2D eigenvalue weighted by Gasteiger charge is -2.29. The van der Waals surface area contributed by atoms with Crippen molar-refractivity contribution in [2.45, 2.75) is 0 Å². The highest BCUT2D eigenvalue weighted by atomic mass is 32.1. The molecule has 1 heterocycles. The molecule has 4 N–H and O–H groups in total. The Morgan fingerprint density at radius 2 is 1.47 bits per heavy atom. The van der Waals surface area contributed by atoms with Crippen LogP contribution >= 0.6 is 12.2 Å². The molecular formula is C23H16N2O6S. The van der Waals surface area contributed by atoms with Crippen LogP contribution in [0.1, 0.15) is 5.56 Å². The SMILES string of the molecule is O=C1NC(=S)N(c2ccc(Oc3ccccc3)cc2)C(=O)C1=Cc1c(O)cc(O)cc1O. The average Bonchev–Trinajstić information content (AvgIpc) is 2.74. The van der Waals surface area contributed by atoms with E-state index in [4.69, 9.17) is 17.0 Å². The minimum Gasteiger partial charge on any atom is -0.508 e. The van der Waals surface area contributed by atoms with E-state index in [-0.39, 0.29) is 22.0 Å². The molecule has 160 valence electrons. The van der Waals surface area contributed by atoms with Crippen LogP contribution in [0.2, 0.25) is 0 Å². The van der Waals surface area contributed by atoms with Gasteiger partial charge in [-0.25, -0.2) is 0 Å². The van der Waals surface area contributed by atoms with Crippen molar-refractivity contribution < 1.29 is 29.6 Å². The van der Waals surface area contributed by atoms with E-state index in [0.717, 1.165) is 23.1 Å². The van der Waals surface area contributed by atoms with Gasteiger partial charge >= 0.3 is 0 Å². The zero-order valence-electron chi connectivity index (χ0n) is 16.4. The number of thiocarbonyl (C=S) groups is 1. The molecule has 1 aliphatic heterocycles. The molecule has 1 aliphatic rings. The van der Waals surface area contributed by atoms with Crippen LogP contribution in [0.5, 0.6) is 28.7 Å². The first-order valence-electron chi connectivity index (χ1n) is 9.33. The molecule has 9 heteroatoms. The number of nitrogens with zero attached hydrogens (tertiary/aromatic N) is 1. The van der Waals surface area contributed by atoms with Gasteiger partial charge in [0.2, 0.25) is 0 Å². The molecule has 0 atom stereocenters. The summed E-state index contributed by atoms with van der Waals surface area (Å²) in [6.07, 6.45) is 1.03. The number of para-hydroxylation sites is 1. The van der Waals surface area contributed by atoms with Gasteiger partial charge in [0.05, 0.1) is 11.3 Å². The average molecular weight is 448 g/mol. The minimum absolute atomic E-state index is 0.118. The van der Waals surface area contributed by atoms with Crippen molar-refractivity contribution in [3.8, 4) is 28.7 Å². The number of carbonyl (C=O) groups is 2. The highest BCUT2D eigenvalue weighted by Gasteiger charge is 2.35. The van der Waals surface area contributed by atoms with Crippen LogP contribution in [-0.4, -0.2) is 32.2 Å². The molecule has 8 nitrogen and oxygen atoms in total. The van der Waals surface area contributed by atoms with Gasteiger partial charge < -0.3 is 20.1 Å². The van der Waals surface area contributed by atoms with E-state index >= 15 is 0 Å². The normalized spacial score (nSPS) is 15.1. The molecule has 0 aromatic heterocycles. The van der Waals surface area contributed by atoms with Crippen LogP contribution in [0.25, 0.3) is 6.08 Å². The summed E-state index contributed by atoms with van der Waals surface area (Å²) in [5, 5.41) is 31.7. The number of hydrogen-bond acceptors (Lipinski definition) is 7. The van der Waals surface area contributed by atoms with E-state index < -0.39 is 23.3 Å². The van der Waals surface area contributed by atoms with Crippen molar-refractivity contribution >= 4 is 40.9 Å².